The third kappa shape index (κ3) is 5.61. The lowest BCUT2D eigenvalue weighted by atomic mass is 10.1. The van der Waals surface area contributed by atoms with Crippen molar-refractivity contribution in [2.24, 2.45) is 4.99 Å². The molecule has 6 heteroatoms. The van der Waals surface area contributed by atoms with E-state index in [1.165, 1.54) is 6.07 Å². The number of nitrogens with one attached hydrogen (secondary N) is 2. The van der Waals surface area contributed by atoms with Gasteiger partial charge in [0.05, 0.1) is 0 Å². The van der Waals surface area contributed by atoms with Crippen LogP contribution in [0.5, 0.6) is 0 Å². The fourth-order valence-electron chi connectivity index (χ4n) is 2.23. The molecule has 2 aromatic rings. The minimum absolute atomic E-state index is 0.354. The van der Waals surface area contributed by atoms with Crippen LogP contribution in [0.3, 0.4) is 0 Å². The molecular weight excluding hydrogens is 310 g/mol. The van der Waals surface area contributed by atoms with Crippen LogP contribution in [0.15, 0.2) is 47.6 Å². The molecule has 0 saturated carbocycles. The Bertz CT molecular complexity index is 659. The molecule has 1 aromatic carbocycles. The summed E-state index contributed by atoms with van der Waals surface area (Å²) in [6.45, 7) is 3.77. The highest BCUT2D eigenvalue weighted by atomic mass is 19.2. The Kier molecular flexibility index (Phi) is 7.14. The van der Waals surface area contributed by atoms with Crippen LogP contribution in [0.2, 0.25) is 0 Å². The van der Waals surface area contributed by atoms with Gasteiger partial charge >= 0.3 is 0 Å². The molecule has 0 amide bonds. The van der Waals surface area contributed by atoms with E-state index in [1.54, 1.807) is 12.3 Å². The van der Waals surface area contributed by atoms with E-state index < -0.39 is 11.6 Å². The fourth-order valence-corrected chi connectivity index (χ4v) is 2.23. The number of nitrogens with zero attached hydrogens (tertiary/aromatic N) is 2. The van der Waals surface area contributed by atoms with Gasteiger partial charge in [-0.25, -0.2) is 8.78 Å². The van der Waals surface area contributed by atoms with Crippen molar-refractivity contribution in [1.82, 2.24) is 15.6 Å². The molecular formula is C18H22F2N4. The third-order valence-corrected chi connectivity index (χ3v) is 3.43. The minimum Gasteiger partial charge on any atom is -0.357 e. The van der Waals surface area contributed by atoms with Gasteiger partial charge < -0.3 is 10.6 Å². The van der Waals surface area contributed by atoms with Crippen molar-refractivity contribution in [1.29, 1.82) is 0 Å². The third-order valence-electron chi connectivity index (χ3n) is 3.43. The van der Waals surface area contributed by atoms with Gasteiger partial charge in [-0.3, -0.25) is 9.98 Å². The summed E-state index contributed by atoms with van der Waals surface area (Å²) in [7, 11) is 0. The van der Waals surface area contributed by atoms with E-state index in [0.29, 0.717) is 31.0 Å². The van der Waals surface area contributed by atoms with E-state index in [-0.39, 0.29) is 0 Å². The predicted octanol–water partition coefficient (Wildman–Crippen LogP) is 2.70. The van der Waals surface area contributed by atoms with Crippen molar-refractivity contribution >= 4 is 5.96 Å². The van der Waals surface area contributed by atoms with Crippen molar-refractivity contribution < 1.29 is 8.78 Å². The van der Waals surface area contributed by atoms with Gasteiger partial charge in [0.15, 0.2) is 17.6 Å². The maximum absolute atomic E-state index is 13.6. The normalized spacial score (nSPS) is 11.4. The highest BCUT2D eigenvalue weighted by Gasteiger charge is 2.07. The molecule has 24 heavy (non-hydrogen) atoms. The SMILES string of the molecule is CCNC(=NCCc1ccccn1)NCCc1cccc(F)c1F. The summed E-state index contributed by atoms with van der Waals surface area (Å²) in [4.78, 5) is 8.72. The van der Waals surface area contributed by atoms with Crippen LogP contribution in [-0.2, 0) is 12.8 Å². The smallest absolute Gasteiger partial charge is 0.191 e. The second-order valence-electron chi connectivity index (χ2n) is 5.22. The number of hydrogen-bond donors (Lipinski definition) is 2. The Morgan fingerprint density at radius 3 is 2.71 bits per heavy atom. The lowest BCUT2D eigenvalue weighted by molar-refractivity contribution is 0.498. The molecule has 4 nitrogen and oxygen atoms in total. The molecule has 1 heterocycles. The molecule has 2 rings (SSSR count). The minimum atomic E-state index is -0.816. The van der Waals surface area contributed by atoms with Crippen molar-refractivity contribution in [3.8, 4) is 0 Å². The number of halogens is 2. The Labute approximate surface area is 141 Å². The molecule has 0 aliphatic carbocycles. The quantitative estimate of drug-likeness (QED) is 0.605. The first-order chi connectivity index (χ1) is 11.7. The van der Waals surface area contributed by atoms with Crippen LogP contribution in [0.25, 0.3) is 0 Å². The highest BCUT2D eigenvalue weighted by molar-refractivity contribution is 5.79. The standard InChI is InChI=1S/C18H22F2N4/c1-2-21-18(24-13-10-15-7-3-4-11-22-15)23-12-9-14-6-5-8-16(19)17(14)20/h3-8,11H,2,9-10,12-13H2,1H3,(H2,21,23,24). The summed E-state index contributed by atoms with van der Waals surface area (Å²) in [5, 5.41) is 6.26. The Morgan fingerprint density at radius 1 is 1.08 bits per heavy atom. The van der Waals surface area contributed by atoms with Gasteiger partial charge in [0, 0.05) is 37.9 Å². The first-order valence-electron chi connectivity index (χ1n) is 8.05. The fraction of sp³-hybridized carbons (Fsp3) is 0.333. The topological polar surface area (TPSA) is 49.3 Å². The maximum Gasteiger partial charge on any atom is 0.191 e. The van der Waals surface area contributed by atoms with Crippen molar-refractivity contribution in [2.75, 3.05) is 19.6 Å². The molecule has 128 valence electrons. The molecule has 0 bridgehead atoms. The average molecular weight is 332 g/mol. The maximum atomic E-state index is 13.6. The van der Waals surface area contributed by atoms with Gasteiger partial charge in [0.2, 0.25) is 0 Å². The molecule has 0 unspecified atom stereocenters. The Balaban J connectivity index is 1.84. The molecule has 0 spiro atoms. The lowest BCUT2D eigenvalue weighted by Gasteiger charge is -2.11. The zero-order chi connectivity index (χ0) is 17.2. The second kappa shape index (κ2) is 9.60. The molecule has 0 aliphatic rings. The zero-order valence-electron chi connectivity index (χ0n) is 13.7. The average Bonchev–Trinajstić information content (AvgIpc) is 2.59. The van der Waals surface area contributed by atoms with E-state index in [9.17, 15) is 8.78 Å². The number of pyridine rings is 1. The van der Waals surface area contributed by atoms with E-state index in [2.05, 4.69) is 20.6 Å². The Hall–Kier alpha value is -2.50. The van der Waals surface area contributed by atoms with E-state index in [1.807, 2.05) is 25.1 Å². The van der Waals surface area contributed by atoms with Gasteiger partial charge in [-0.1, -0.05) is 18.2 Å². The number of guanidine groups is 1. The summed E-state index contributed by atoms with van der Waals surface area (Å²) >= 11 is 0. The molecule has 0 atom stereocenters. The number of aromatic nitrogens is 1. The largest absolute Gasteiger partial charge is 0.357 e. The molecule has 0 fully saturated rings. The van der Waals surface area contributed by atoms with Crippen LogP contribution in [-0.4, -0.2) is 30.6 Å². The van der Waals surface area contributed by atoms with E-state index in [4.69, 9.17) is 0 Å². The number of aliphatic imine (C=N–C) groups is 1. The van der Waals surface area contributed by atoms with Crippen LogP contribution in [0.4, 0.5) is 8.78 Å². The molecule has 0 aliphatic heterocycles. The van der Waals surface area contributed by atoms with Gasteiger partial charge in [0.25, 0.3) is 0 Å². The molecule has 2 N–H and O–H groups in total. The second-order valence-corrected chi connectivity index (χ2v) is 5.22. The summed E-state index contributed by atoms with van der Waals surface area (Å²) < 4.78 is 26.8. The molecule has 0 saturated heterocycles. The zero-order valence-corrected chi connectivity index (χ0v) is 13.7. The number of rotatable bonds is 7. The number of hydrogen-bond acceptors (Lipinski definition) is 2. The first kappa shape index (κ1) is 17.8. The molecule has 1 aromatic heterocycles. The van der Waals surface area contributed by atoms with Crippen LogP contribution in [0.1, 0.15) is 18.2 Å². The van der Waals surface area contributed by atoms with Crippen LogP contribution in [0, 0.1) is 11.6 Å². The highest BCUT2D eigenvalue weighted by Crippen LogP contribution is 2.11. The van der Waals surface area contributed by atoms with Crippen molar-refractivity contribution in [2.45, 2.75) is 19.8 Å². The van der Waals surface area contributed by atoms with Crippen molar-refractivity contribution in [3.63, 3.8) is 0 Å². The van der Waals surface area contributed by atoms with Crippen LogP contribution >= 0.6 is 0 Å². The van der Waals surface area contributed by atoms with Gasteiger partial charge in [-0.05, 0) is 37.1 Å². The van der Waals surface area contributed by atoms with Gasteiger partial charge in [-0.15, -0.1) is 0 Å². The molecule has 0 radical (unpaired) electrons. The Morgan fingerprint density at radius 2 is 1.96 bits per heavy atom. The summed E-state index contributed by atoms with van der Waals surface area (Å²) in [5.41, 5.74) is 1.34. The van der Waals surface area contributed by atoms with Gasteiger partial charge in [0.1, 0.15) is 0 Å². The lowest BCUT2D eigenvalue weighted by Crippen LogP contribution is -2.38. The number of benzene rings is 1. The summed E-state index contributed by atoms with van der Waals surface area (Å²) in [6, 6.07) is 10.0. The van der Waals surface area contributed by atoms with Crippen LogP contribution < -0.4 is 10.6 Å². The predicted molar refractivity (Wildman–Crippen MR) is 92.0 cm³/mol. The summed E-state index contributed by atoms with van der Waals surface area (Å²) in [5.74, 6) is -0.940. The first-order valence-corrected chi connectivity index (χ1v) is 8.05. The van der Waals surface area contributed by atoms with Crippen molar-refractivity contribution in [3.05, 3.63) is 65.5 Å². The summed E-state index contributed by atoms with van der Waals surface area (Å²) in [6.07, 6.45) is 2.89. The van der Waals surface area contributed by atoms with Gasteiger partial charge in [-0.2, -0.15) is 0 Å². The van der Waals surface area contributed by atoms with E-state index >= 15 is 0 Å². The van der Waals surface area contributed by atoms with E-state index in [0.717, 1.165) is 24.7 Å². The monoisotopic (exact) mass is 332 g/mol.